The standard InChI is InChI=1S/C26H27N3O/c30-26(28-24-3-2-14-27-18-24)21-9-6-19(7-10-21)22-11-8-20-12-15-29(25-4-1-5-25)16-13-23(20)17-22/h2-3,6-11,14,17-18,25H,1,4-5,12-13,15-16H2,(H,28,30). The van der Waals surface area contributed by atoms with E-state index in [1.165, 1.54) is 49.0 Å². The molecule has 0 unspecified atom stereocenters. The highest BCUT2D eigenvalue weighted by Gasteiger charge is 2.26. The summed E-state index contributed by atoms with van der Waals surface area (Å²) < 4.78 is 0. The number of anilines is 1. The second kappa shape index (κ2) is 8.41. The summed E-state index contributed by atoms with van der Waals surface area (Å²) in [5.41, 5.74) is 6.70. The molecule has 2 aliphatic rings. The Balaban J connectivity index is 1.29. The molecule has 4 heteroatoms. The number of rotatable bonds is 4. The van der Waals surface area contributed by atoms with E-state index in [4.69, 9.17) is 0 Å². The Bertz CT molecular complexity index is 1030. The van der Waals surface area contributed by atoms with Crippen LogP contribution in [0.1, 0.15) is 40.7 Å². The van der Waals surface area contributed by atoms with E-state index in [1.54, 1.807) is 12.4 Å². The van der Waals surface area contributed by atoms with Gasteiger partial charge in [-0.25, -0.2) is 0 Å². The van der Waals surface area contributed by atoms with Crippen LogP contribution in [0, 0.1) is 0 Å². The lowest BCUT2D eigenvalue weighted by molar-refractivity contribution is 0.102. The zero-order valence-electron chi connectivity index (χ0n) is 17.2. The highest BCUT2D eigenvalue weighted by Crippen LogP contribution is 2.29. The third-order valence-electron chi connectivity index (χ3n) is 6.53. The van der Waals surface area contributed by atoms with Crippen molar-refractivity contribution in [3.8, 4) is 11.1 Å². The number of fused-ring (bicyclic) bond motifs is 1. The molecule has 0 saturated heterocycles. The Kier molecular flexibility index (Phi) is 5.33. The molecule has 0 atom stereocenters. The first-order valence-electron chi connectivity index (χ1n) is 10.9. The van der Waals surface area contributed by atoms with Crippen molar-refractivity contribution in [2.24, 2.45) is 0 Å². The summed E-state index contributed by atoms with van der Waals surface area (Å²) >= 11 is 0. The number of benzene rings is 2. The van der Waals surface area contributed by atoms with Gasteiger partial charge in [-0.15, -0.1) is 0 Å². The van der Waals surface area contributed by atoms with Gasteiger partial charge >= 0.3 is 0 Å². The van der Waals surface area contributed by atoms with Gasteiger partial charge in [0.05, 0.1) is 11.9 Å². The molecule has 1 aliphatic carbocycles. The zero-order chi connectivity index (χ0) is 20.3. The van der Waals surface area contributed by atoms with Crippen molar-refractivity contribution in [1.29, 1.82) is 0 Å². The molecule has 30 heavy (non-hydrogen) atoms. The predicted octanol–water partition coefficient (Wildman–Crippen LogP) is 4.95. The molecular weight excluding hydrogens is 370 g/mol. The molecule has 2 heterocycles. The van der Waals surface area contributed by atoms with E-state index >= 15 is 0 Å². The van der Waals surface area contributed by atoms with E-state index in [1.807, 2.05) is 36.4 Å². The summed E-state index contributed by atoms with van der Waals surface area (Å²) in [6.07, 6.45) is 9.77. The van der Waals surface area contributed by atoms with Crippen molar-refractivity contribution in [2.75, 3.05) is 18.4 Å². The van der Waals surface area contributed by atoms with Crippen LogP contribution in [0.25, 0.3) is 11.1 Å². The molecule has 1 N–H and O–H groups in total. The Morgan fingerprint density at radius 1 is 0.933 bits per heavy atom. The first-order valence-corrected chi connectivity index (χ1v) is 10.9. The van der Waals surface area contributed by atoms with Crippen LogP contribution in [0.15, 0.2) is 67.0 Å². The van der Waals surface area contributed by atoms with E-state index in [2.05, 4.69) is 33.4 Å². The summed E-state index contributed by atoms with van der Waals surface area (Å²) in [7, 11) is 0. The molecule has 1 amide bonds. The van der Waals surface area contributed by atoms with Crippen LogP contribution >= 0.6 is 0 Å². The van der Waals surface area contributed by atoms with Crippen molar-refractivity contribution in [2.45, 2.75) is 38.1 Å². The number of carbonyl (C=O) groups excluding carboxylic acids is 1. The van der Waals surface area contributed by atoms with Crippen LogP contribution in [0.5, 0.6) is 0 Å². The van der Waals surface area contributed by atoms with Crippen molar-refractivity contribution in [1.82, 2.24) is 9.88 Å². The van der Waals surface area contributed by atoms with Crippen LogP contribution in [-0.2, 0) is 12.8 Å². The molecule has 152 valence electrons. The minimum Gasteiger partial charge on any atom is -0.321 e. The van der Waals surface area contributed by atoms with Gasteiger partial charge in [0.1, 0.15) is 0 Å². The molecule has 2 aromatic carbocycles. The third kappa shape index (κ3) is 4.01. The van der Waals surface area contributed by atoms with Gasteiger partial charge in [-0.05, 0) is 72.2 Å². The van der Waals surface area contributed by atoms with Gasteiger partial charge < -0.3 is 5.32 Å². The topological polar surface area (TPSA) is 45.2 Å². The fourth-order valence-electron chi connectivity index (χ4n) is 4.49. The van der Waals surface area contributed by atoms with Crippen molar-refractivity contribution < 1.29 is 4.79 Å². The van der Waals surface area contributed by atoms with Crippen LogP contribution in [-0.4, -0.2) is 34.9 Å². The maximum atomic E-state index is 12.5. The van der Waals surface area contributed by atoms with E-state index in [0.717, 1.165) is 24.4 Å². The van der Waals surface area contributed by atoms with Crippen molar-refractivity contribution in [3.05, 3.63) is 83.7 Å². The van der Waals surface area contributed by atoms with Gasteiger partial charge in [0, 0.05) is 30.9 Å². The number of hydrogen-bond donors (Lipinski definition) is 1. The second-order valence-corrected chi connectivity index (χ2v) is 8.38. The van der Waals surface area contributed by atoms with Crippen LogP contribution in [0.2, 0.25) is 0 Å². The van der Waals surface area contributed by atoms with Crippen molar-refractivity contribution in [3.63, 3.8) is 0 Å². The Morgan fingerprint density at radius 2 is 1.70 bits per heavy atom. The first-order chi connectivity index (χ1) is 14.8. The van der Waals surface area contributed by atoms with Gasteiger partial charge in [-0.3, -0.25) is 14.7 Å². The van der Waals surface area contributed by atoms with E-state index in [9.17, 15) is 4.79 Å². The Hall–Kier alpha value is -2.98. The molecule has 1 fully saturated rings. The fraction of sp³-hybridized carbons (Fsp3) is 0.308. The van der Waals surface area contributed by atoms with E-state index in [-0.39, 0.29) is 5.91 Å². The number of aromatic nitrogens is 1. The number of nitrogens with one attached hydrogen (secondary N) is 1. The maximum Gasteiger partial charge on any atom is 0.255 e. The lowest BCUT2D eigenvalue weighted by Gasteiger charge is -2.36. The first kappa shape index (κ1) is 19.0. The second-order valence-electron chi connectivity index (χ2n) is 8.38. The quantitative estimate of drug-likeness (QED) is 0.677. The van der Waals surface area contributed by atoms with Crippen LogP contribution in [0.3, 0.4) is 0 Å². The normalized spacial score (nSPS) is 16.9. The highest BCUT2D eigenvalue weighted by molar-refractivity contribution is 6.04. The number of amides is 1. The minimum absolute atomic E-state index is 0.118. The molecule has 4 nitrogen and oxygen atoms in total. The molecule has 1 aromatic heterocycles. The lowest BCUT2D eigenvalue weighted by Crippen LogP contribution is -2.41. The Morgan fingerprint density at radius 3 is 2.40 bits per heavy atom. The number of carbonyl (C=O) groups is 1. The SMILES string of the molecule is O=C(Nc1cccnc1)c1ccc(-c2ccc3c(c2)CCN(C2CCC2)CC3)cc1. The highest BCUT2D eigenvalue weighted by atomic mass is 16.1. The molecule has 3 aromatic rings. The van der Waals surface area contributed by atoms with E-state index < -0.39 is 0 Å². The number of nitrogens with zero attached hydrogens (tertiary/aromatic N) is 2. The summed E-state index contributed by atoms with van der Waals surface area (Å²) in [4.78, 5) is 19.2. The molecule has 0 bridgehead atoms. The Labute approximate surface area is 178 Å². The average molecular weight is 398 g/mol. The molecule has 0 radical (unpaired) electrons. The van der Waals surface area contributed by atoms with Crippen molar-refractivity contribution >= 4 is 11.6 Å². The third-order valence-corrected chi connectivity index (χ3v) is 6.53. The molecule has 0 spiro atoms. The van der Waals surface area contributed by atoms with Crippen LogP contribution < -0.4 is 5.32 Å². The predicted molar refractivity (Wildman–Crippen MR) is 121 cm³/mol. The zero-order valence-corrected chi connectivity index (χ0v) is 17.2. The van der Waals surface area contributed by atoms with Gasteiger partial charge in [0.2, 0.25) is 0 Å². The average Bonchev–Trinajstić information content (AvgIpc) is 2.96. The van der Waals surface area contributed by atoms with Gasteiger partial charge in [0.25, 0.3) is 5.91 Å². The summed E-state index contributed by atoms with van der Waals surface area (Å²) in [6, 6.07) is 19.2. The molecule has 5 rings (SSSR count). The number of hydrogen-bond acceptors (Lipinski definition) is 3. The molecular formula is C26H27N3O. The van der Waals surface area contributed by atoms with Gasteiger partial charge in [0.15, 0.2) is 0 Å². The summed E-state index contributed by atoms with van der Waals surface area (Å²) in [6.45, 7) is 2.37. The maximum absolute atomic E-state index is 12.5. The van der Waals surface area contributed by atoms with Gasteiger partial charge in [-0.2, -0.15) is 0 Å². The summed E-state index contributed by atoms with van der Waals surface area (Å²) in [5.74, 6) is -0.118. The minimum atomic E-state index is -0.118. The monoisotopic (exact) mass is 397 g/mol. The van der Waals surface area contributed by atoms with Crippen LogP contribution in [0.4, 0.5) is 5.69 Å². The lowest BCUT2D eigenvalue weighted by atomic mass is 9.91. The summed E-state index contributed by atoms with van der Waals surface area (Å²) in [5, 5.41) is 2.88. The fourth-order valence-corrected chi connectivity index (χ4v) is 4.49. The molecule has 1 saturated carbocycles. The van der Waals surface area contributed by atoms with Gasteiger partial charge in [-0.1, -0.05) is 36.8 Å². The molecule has 1 aliphatic heterocycles. The van der Waals surface area contributed by atoms with E-state index in [0.29, 0.717) is 11.3 Å². The largest absolute Gasteiger partial charge is 0.321 e. The number of pyridine rings is 1. The smallest absolute Gasteiger partial charge is 0.255 e.